The van der Waals surface area contributed by atoms with E-state index in [0.29, 0.717) is 44.4 Å². The number of nitrogens with one attached hydrogen (secondary N) is 1. The smallest absolute Gasteiger partial charge is 0.415 e. The first-order chi connectivity index (χ1) is 19.6. The first-order valence-corrected chi connectivity index (χ1v) is 14.8. The highest BCUT2D eigenvalue weighted by atomic mass is 32.2. The number of piperidine rings is 1. The lowest BCUT2D eigenvalue weighted by Gasteiger charge is -2.30. The maximum atomic E-state index is 13.2. The van der Waals surface area contributed by atoms with Crippen molar-refractivity contribution in [3.63, 3.8) is 0 Å². The van der Waals surface area contributed by atoms with Gasteiger partial charge in [-0.1, -0.05) is 29.8 Å². The number of carboxylic acids is 1. The zero-order valence-electron chi connectivity index (χ0n) is 22.6. The molecule has 0 radical (unpaired) electrons. The van der Waals surface area contributed by atoms with Crippen LogP contribution in [0, 0.1) is 6.92 Å². The SMILES string of the molecule is Cc1ccc(S(=O)(=O)N2CCC[C@H]2C(=O)N[C@@H](Cc2ccc(OC(=O)N3CCC(OC=O)CC3)cc2)C(=O)O)cc1. The van der Waals surface area contributed by atoms with Gasteiger partial charge < -0.3 is 24.8 Å². The van der Waals surface area contributed by atoms with Crippen LogP contribution >= 0.6 is 0 Å². The number of nitrogens with zero attached hydrogens (tertiary/aromatic N) is 2. The lowest BCUT2D eigenvalue weighted by molar-refractivity contribution is -0.142. The second kappa shape index (κ2) is 13.1. The van der Waals surface area contributed by atoms with Gasteiger partial charge in [0.25, 0.3) is 6.47 Å². The predicted molar refractivity (Wildman–Crippen MR) is 146 cm³/mol. The standard InChI is InChI=1S/C28H33N3O9S/c1-19-4-10-23(11-5-19)41(37,38)31-14-2-3-25(31)26(33)29-24(27(34)35)17-20-6-8-22(9-7-20)40-28(36)30-15-12-21(13-16-30)39-18-32/h4-11,18,21,24-25H,2-3,12-17H2,1H3,(H,29,33)(H,34,35)/t24-,25-/m0/s1. The van der Waals surface area contributed by atoms with Gasteiger partial charge in [-0.15, -0.1) is 0 Å². The molecule has 4 rings (SSSR count). The lowest BCUT2D eigenvalue weighted by Crippen LogP contribution is -2.51. The van der Waals surface area contributed by atoms with E-state index in [1.165, 1.54) is 29.2 Å². The first-order valence-electron chi connectivity index (χ1n) is 13.3. The molecule has 2 atom stereocenters. The molecule has 2 aromatic carbocycles. The van der Waals surface area contributed by atoms with E-state index in [1.54, 1.807) is 24.3 Å². The van der Waals surface area contributed by atoms with E-state index in [0.717, 1.165) is 9.87 Å². The molecule has 0 bridgehead atoms. The average molecular weight is 588 g/mol. The fraction of sp³-hybridized carbons (Fsp3) is 0.429. The zero-order valence-corrected chi connectivity index (χ0v) is 23.4. The van der Waals surface area contributed by atoms with Gasteiger partial charge in [0.15, 0.2) is 0 Å². The molecule has 2 N–H and O–H groups in total. The fourth-order valence-electron chi connectivity index (χ4n) is 4.95. The molecule has 41 heavy (non-hydrogen) atoms. The third kappa shape index (κ3) is 7.41. The summed E-state index contributed by atoms with van der Waals surface area (Å²) in [4.78, 5) is 49.6. The van der Waals surface area contributed by atoms with Crippen molar-refractivity contribution in [3.05, 3.63) is 59.7 Å². The van der Waals surface area contributed by atoms with Crippen molar-refractivity contribution in [1.82, 2.24) is 14.5 Å². The minimum atomic E-state index is -3.93. The molecule has 2 aliphatic rings. The van der Waals surface area contributed by atoms with Gasteiger partial charge in [0.05, 0.1) is 4.90 Å². The van der Waals surface area contributed by atoms with Crippen LogP contribution in [0.4, 0.5) is 4.79 Å². The van der Waals surface area contributed by atoms with E-state index < -0.39 is 40.1 Å². The Kier molecular flexibility index (Phi) is 9.61. The molecule has 0 aromatic heterocycles. The van der Waals surface area contributed by atoms with Gasteiger partial charge >= 0.3 is 12.1 Å². The molecule has 2 aliphatic heterocycles. The van der Waals surface area contributed by atoms with Crippen molar-refractivity contribution >= 4 is 34.5 Å². The highest BCUT2D eigenvalue weighted by Gasteiger charge is 2.40. The van der Waals surface area contributed by atoms with Crippen LogP contribution in [0.5, 0.6) is 5.75 Å². The Bertz CT molecular complexity index is 1360. The summed E-state index contributed by atoms with van der Waals surface area (Å²) in [7, 11) is -3.93. The van der Waals surface area contributed by atoms with E-state index >= 15 is 0 Å². The topological polar surface area (TPSA) is 160 Å². The molecule has 2 aromatic rings. The Morgan fingerprint density at radius 2 is 1.68 bits per heavy atom. The maximum Gasteiger partial charge on any atom is 0.415 e. The highest BCUT2D eigenvalue weighted by molar-refractivity contribution is 7.89. The summed E-state index contributed by atoms with van der Waals surface area (Å²) in [6, 6.07) is 10.3. The second-order valence-corrected chi connectivity index (χ2v) is 12.0. The molecule has 0 aliphatic carbocycles. The number of rotatable bonds is 10. The van der Waals surface area contributed by atoms with Crippen molar-refractivity contribution < 1.29 is 42.2 Å². The third-order valence-corrected chi connectivity index (χ3v) is 9.19. The van der Waals surface area contributed by atoms with Gasteiger partial charge in [-0.05, 0) is 49.6 Å². The van der Waals surface area contributed by atoms with Crippen molar-refractivity contribution in [2.75, 3.05) is 19.6 Å². The molecule has 2 amide bonds. The Hall–Kier alpha value is -3.97. The molecule has 220 valence electrons. The summed E-state index contributed by atoms with van der Waals surface area (Å²) < 4.78 is 37.9. The fourth-order valence-corrected chi connectivity index (χ4v) is 6.61. The summed E-state index contributed by atoms with van der Waals surface area (Å²) in [5, 5.41) is 12.3. The van der Waals surface area contributed by atoms with Gasteiger partial charge in [0.2, 0.25) is 15.9 Å². The Morgan fingerprint density at radius 3 is 2.29 bits per heavy atom. The first kappa shape index (κ1) is 30.0. The van der Waals surface area contributed by atoms with E-state index in [4.69, 9.17) is 9.47 Å². The van der Waals surface area contributed by atoms with Gasteiger partial charge in [0.1, 0.15) is 23.9 Å². The second-order valence-electron chi connectivity index (χ2n) is 10.1. The van der Waals surface area contributed by atoms with Crippen molar-refractivity contribution in [1.29, 1.82) is 0 Å². The van der Waals surface area contributed by atoms with Crippen molar-refractivity contribution in [3.8, 4) is 5.75 Å². The summed E-state index contributed by atoms with van der Waals surface area (Å²) in [6.07, 6.45) is 0.984. The van der Waals surface area contributed by atoms with E-state index in [1.807, 2.05) is 6.92 Å². The number of carbonyl (C=O) groups is 4. The van der Waals surface area contributed by atoms with Crippen LogP contribution in [0.1, 0.15) is 36.8 Å². The van der Waals surface area contributed by atoms with Crippen LogP contribution in [-0.2, 0) is 35.6 Å². The summed E-state index contributed by atoms with van der Waals surface area (Å²) in [6.45, 7) is 3.19. The molecule has 2 saturated heterocycles. The number of carbonyl (C=O) groups excluding carboxylic acids is 3. The number of carboxylic acid groups (broad SMARTS) is 1. The largest absolute Gasteiger partial charge is 0.480 e. The number of amides is 2. The van der Waals surface area contributed by atoms with E-state index in [9.17, 15) is 32.7 Å². The van der Waals surface area contributed by atoms with E-state index in [2.05, 4.69) is 5.32 Å². The summed E-state index contributed by atoms with van der Waals surface area (Å²) >= 11 is 0. The van der Waals surface area contributed by atoms with Gasteiger partial charge in [-0.25, -0.2) is 18.0 Å². The van der Waals surface area contributed by atoms with Crippen molar-refractivity contribution in [2.24, 2.45) is 0 Å². The number of aryl methyl sites for hydroxylation is 1. The Morgan fingerprint density at radius 1 is 1.02 bits per heavy atom. The number of aliphatic carboxylic acids is 1. The Balaban J connectivity index is 1.35. The number of sulfonamides is 1. The number of ether oxygens (including phenoxy) is 2. The third-order valence-electron chi connectivity index (χ3n) is 7.27. The number of benzene rings is 2. The minimum absolute atomic E-state index is 0.0586. The monoisotopic (exact) mass is 587 g/mol. The molecular formula is C28H33N3O9S. The van der Waals surface area contributed by atoms with Crippen molar-refractivity contribution in [2.45, 2.75) is 62.1 Å². The highest BCUT2D eigenvalue weighted by Crippen LogP contribution is 2.27. The molecule has 13 heteroatoms. The molecule has 0 unspecified atom stereocenters. The van der Waals surface area contributed by atoms with Crippen LogP contribution < -0.4 is 10.1 Å². The van der Waals surface area contributed by atoms with Crippen LogP contribution in [0.25, 0.3) is 0 Å². The molecular weight excluding hydrogens is 554 g/mol. The summed E-state index contributed by atoms with van der Waals surface area (Å²) in [5.41, 5.74) is 1.47. The van der Waals surface area contributed by atoms with Gasteiger partial charge in [-0.3, -0.25) is 9.59 Å². The zero-order chi connectivity index (χ0) is 29.6. The lowest BCUT2D eigenvalue weighted by atomic mass is 10.1. The van der Waals surface area contributed by atoms with Crippen LogP contribution in [0.2, 0.25) is 0 Å². The summed E-state index contributed by atoms with van der Waals surface area (Å²) in [5.74, 6) is -1.66. The van der Waals surface area contributed by atoms with Gasteiger partial charge in [0, 0.05) is 38.9 Å². The van der Waals surface area contributed by atoms with Gasteiger partial charge in [-0.2, -0.15) is 4.31 Å². The number of likely N-dealkylation sites (tertiary alicyclic amines) is 1. The molecule has 2 fully saturated rings. The maximum absolute atomic E-state index is 13.2. The molecule has 2 heterocycles. The van der Waals surface area contributed by atoms with Crippen LogP contribution in [0.3, 0.4) is 0 Å². The molecule has 0 saturated carbocycles. The molecule has 0 spiro atoms. The van der Waals surface area contributed by atoms with Crippen LogP contribution in [0.15, 0.2) is 53.4 Å². The molecule has 12 nitrogen and oxygen atoms in total. The predicted octanol–water partition coefficient (Wildman–Crippen LogP) is 2.10. The van der Waals surface area contributed by atoms with E-state index in [-0.39, 0.29) is 36.1 Å². The minimum Gasteiger partial charge on any atom is -0.480 e. The van der Waals surface area contributed by atoms with Crippen LogP contribution in [-0.4, -0.2) is 85.0 Å². The number of hydrogen-bond acceptors (Lipinski definition) is 8. The normalized spacial score (nSPS) is 18.9. The number of hydrogen-bond donors (Lipinski definition) is 2. The Labute approximate surface area is 238 Å². The quantitative estimate of drug-likeness (QED) is 0.397. The average Bonchev–Trinajstić information content (AvgIpc) is 3.46.